The number of benzene rings is 2. The normalized spacial score (nSPS) is 18.5. The maximum atomic E-state index is 13.1. The number of amides is 1. The Morgan fingerprint density at radius 3 is 2.44 bits per heavy atom. The number of anilines is 1. The van der Waals surface area contributed by atoms with Crippen molar-refractivity contribution in [2.24, 2.45) is 0 Å². The van der Waals surface area contributed by atoms with Gasteiger partial charge < -0.3 is 19.7 Å². The Labute approximate surface area is 155 Å². The topological polar surface area (TPSA) is 93.9 Å². The van der Waals surface area contributed by atoms with E-state index in [0.29, 0.717) is 22.6 Å². The molecule has 0 aromatic heterocycles. The van der Waals surface area contributed by atoms with Crippen molar-refractivity contribution in [3.63, 3.8) is 0 Å². The van der Waals surface area contributed by atoms with Crippen LogP contribution in [0.2, 0.25) is 0 Å². The van der Waals surface area contributed by atoms with Gasteiger partial charge in [-0.25, -0.2) is 0 Å². The number of hydrogen-bond acceptors (Lipinski definition) is 6. The van der Waals surface area contributed by atoms with Crippen molar-refractivity contribution in [1.29, 1.82) is 0 Å². The molecule has 140 valence electrons. The van der Waals surface area contributed by atoms with Gasteiger partial charge in [-0.15, -0.1) is 0 Å². The summed E-state index contributed by atoms with van der Waals surface area (Å²) in [5.74, 6) is 0.524. The van der Waals surface area contributed by atoms with Gasteiger partial charge in [-0.1, -0.05) is 12.1 Å². The van der Waals surface area contributed by atoms with E-state index in [1.807, 2.05) is 12.1 Å². The van der Waals surface area contributed by atoms with Gasteiger partial charge in [0.15, 0.2) is 11.5 Å². The highest BCUT2D eigenvalue weighted by Gasteiger charge is 2.44. The van der Waals surface area contributed by atoms with Gasteiger partial charge in [-0.3, -0.25) is 14.9 Å². The van der Waals surface area contributed by atoms with Gasteiger partial charge in [-0.05, 0) is 31.0 Å². The van der Waals surface area contributed by atoms with Crippen LogP contribution >= 0.6 is 0 Å². The van der Waals surface area contributed by atoms with Crippen LogP contribution in [0.4, 0.5) is 11.4 Å². The third-order valence-electron chi connectivity index (χ3n) is 4.93. The quantitative estimate of drug-likeness (QED) is 0.642. The standard InChI is InChI=1S/C19H19N3O5/c1-26-16-9-13(15(22(24)25)10-17(16)27-2)18-20-14-6-4-3-5-12(14)19(23)21(18)11-7-8-11/h3-6,9-11,18,20H,7-8H2,1-2H3/t18-/m1/s1. The molecule has 1 aliphatic heterocycles. The predicted octanol–water partition coefficient (Wildman–Crippen LogP) is 3.34. The molecule has 8 nitrogen and oxygen atoms in total. The molecule has 27 heavy (non-hydrogen) atoms. The van der Waals surface area contributed by atoms with Crippen molar-refractivity contribution < 1.29 is 19.2 Å². The summed E-state index contributed by atoms with van der Waals surface area (Å²) in [5, 5.41) is 15.0. The van der Waals surface area contributed by atoms with Gasteiger partial charge in [0.2, 0.25) is 0 Å². The summed E-state index contributed by atoms with van der Waals surface area (Å²) in [6, 6.07) is 10.2. The van der Waals surface area contributed by atoms with E-state index in [-0.39, 0.29) is 23.4 Å². The van der Waals surface area contributed by atoms with Crippen LogP contribution in [-0.2, 0) is 0 Å². The van der Waals surface area contributed by atoms with Crippen molar-refractivity contribution in [2.45, 2.75) is 25.0 Å². The van der Waals surface area contributed by atoms with Crippen molar-refractivity contribution in [1.82, 2.24) is 4.90 Å². The first-order chi connectivity index (χ1) is 13.0. The van der Waals surface area contributed by atoms with E-state index in [2.05, 4.69) is 5.32 Å². The number of hydrogen-bond donors (Lipinski definition) is 1. The van der Waals surface area contributed by atoms with E-state index in [1.165, 1.54) is 20.3 Å². The highest BCUT2D eigenvalue weighted by Crippen LogP contribution is 2.45. The van der Waals surface area contributed by atoms with Crippen LogP contribution in [0.25, 0.3) is 0 Å². The molecule has 0 spiro atoms. The third-order valence-corrected chi connectivity index (χ3v) is 4.93. The minimum atomic E-state index is -0.653. The first-order valence-corrected chi connectivity index (χ1v) is 8.63. The lowest BCUT2D eigenvalue weighted by molar-refractivity contribution is -0.386. The number of rotatable bonds is 5. The Bertz CT molecular complexity index is 926. The van der Waals surface area contributed by atoms with Crippen LogP contribution in [0.15, 0.2) is 36.4 Å². The summed E-state index contributed by atoms with van der Waals surface area (Å²) in [4.78, 5) is 26.1. The number of ether oxygens (including phenoxy) is 2. The van der Waals surface area contributed by atoms with E-state index in [0.717, 1.165) is 12.8 Å². The maximum absolute atomic E-state index is 13.1. The van der Waals surface area contributed by atoms with Gasteiger partial charge in [0, 0.05) is 11.7 Å². The average molecular weight is 369 g/mol. The highest BCUT2D eigenvalue weighted by molar-refractivity contribution is 6.02. The van der Waals surface area contributed by atoms with Crippen LogP contribution in [-0.4, -0.2) is 36.0 Å². The molecule has 0 radical (unpaired) electrons. The molecule has 0 bridgehead atoms. The summed E-state index contributed by atoms with van der Waals surface area (Å²) in [7, 11) is 2.90. The molecule has 1 amide bonds. The monoisotopic (exact) mass is 369 g/mol. The number of carbonyl (C=O) groups is 1. The second-order valence-electron chi connectivity index (χ2n) is 6.56. The average Bonchev–Trinajstić information content (AvgIpc) is 3.51. The van der Waals surface area contributed by atoms with Crippen LogP contribution in [0, 0.1) is 10.1 Å². The first kappa shape index (κ1) is 17.1. The van der Waals surface area contributed by atoms with Crippen molar-refractivity contribution in [3.8, 4) is 11.5 Å². The van der Waals surface area contributed by atoms with Gasteiger partial charge in [0.25, 0.3) is 11.6 Å². The lowest BCUT2D eigenvalue weighted by Crippen LogP contribution is -2.44. The van der Waals surface area contributed by atoms with E-state index < -0.39 is 11.1 Å². The van der Waals surface area contributed by atoms with E-state index in [1.54, 1.807) is 23.1 Å². The molecular weight excluding hydrogens is 350 g/mol. The minimum Gasteiger partial charge on any atom is -0.493 e. The molecule has 1 aliphatic carbocycles. The minimum absolute atomic E-state index is 0.0658. The van der Waals surface area contributed by atoms with Crippen LogP contribution < -0.4 is 14.8 Å². The molecular formula is C19H19N3O5. The van der Waals surface area contributed by atoms with E-state index >= 15 is 0 Å². The summed E-state index contributed by atoms with van der Waals surface area (Å²) in [6.07, 6.45) is 1.11. The summed E-state index contributed by atoms with van der Waals surface area (Å²) in [5.41, 5.74) is 1.48. The van der Waals surface area contributed by atoms with Crippen LogP contribution in [0.5, 0.6) is 11.5 Å². The SMILES string of the molecule is COc1cc([C@@H]2Nc3ccccc3C(=O)N2C2CC2)c([N+](=O)[O-])cc1OC. The second-order valence-corrected chi connectivity index (χ2v) is 6.56. The molecule has 0 unspecified atom stereocenters. The Hall–Kier alpha value is -3.29. The molecule has 1 heterocycles. The Balaban J connectivity index is 1.88. The smallest absolute Gasteiger partial charge is 0.280 e. The van der Waals surface area contributed by atoms with Crippen LogP contribution in [0.1, 0.15) is 34.9 Å². The van der Waals surface area contributed by atoms with Crippen molar-refractivity contribution in [3.05, 3.63) is 57.6 Å². The van der Waals surface area contributed by atoms with E-state index in [9.17, 15) is 14.9 Å². The van der Waals surface area contributed by atoms with Crippen molar-refractivity contribution in [2.75, 3.05) is 19.5 Å². The molecule has 1 fully saturated rings. The summed E-state index contributed by atoms with van der Waals surface area (Å²) >= 11 is 0. The maximum Gasteiger partial charge on any atom is 0.280 e. The molecule has 1 saturated carbocycles. The lowest BCUT2D eigenvalue weighted by atomic mass is 10.0. The zero-order valence-corrected chi connectivity index (χ0v) is 15.0. The fraction of sp³-hybridized carbons (Fsp3) is 0.316. The number of methoxy groups -OCH3 is 2. The Morgan fingerprint density at radius 2 is 1.81 bits per heavy atom. The molecule has 0 saturated heterocycles. The largest absolute Gasteiger partial charge is 0.493 e. The van der Waals surface area contributed by atoms with Crippen molar-refractivity contribution >= 4 is 17.3 Å². The fourth-order valence-electron chi connectivity index (χ4n) is 3.49. The van der Waals surface area contributed by atoms with Gasteiger partial charge in [0.1, 0.15) is 6.17 Å². The lowest BCUT2D eigenvalue weighted by Gasteiger charge is -2.38. The highest BCUT2D eigenvalue weighted by atomic mass is 16.6. The molecule has 2 aliphatic rings. The Kier molecular flexibility index (Phi) is 4.10. The van der Waals surface area contributed by atoms with E-state index in [4.69, 9.17) is 9.47 Å². The predicted molar refractivity (Wildman–Crippen MR) is 98.2 cm³/mol. The molecule has 8 heteroatoms. The number of nitro groups is 1. The number of carbonyl (C=O) groups excluding carboxylic acids is 1. The number of fused-ring (bicyclic) bond motifs is 1. The summed E-state index contributed by atoms with van der Waals surface area (Å²) in [6.45, 7) is 0. The zero-order valence-electron chi connectivity index (χ0n) is 15.0. The molecule has 1 atom stereocenters. The number of nitro benzene ring substituents is 1. The van der Waals surface area contributed by atoms with Gasteiger partial charge in [0.05, 0.1) is 36.3 Å². The Morgan fingerprint density at radius 1 is 1.15 bits per heavy atom. The number of para-hydroxylation sites is 1. The molecule has 2 aromatic rings. The van der Waals surface area contributed by atoms with Gasteiger partial charge in [-0.2, -0.15) is 0 Å². The van der Waals surface area contributed by atoms with Gasteiger partial charge >= 0.3 is 0 Å². The first-order valence-electron chi connectivity index (χ1n) is 8.63. The summed E-state index contributed by atoms with van der Waals surface area (Å²) < 4.78 is 10.5. The third kappa shape index (κ3) is 2.83. The second kappa shape index (κ2) is 6.46. The molecule has 4 rings (SSSR count). The molecule has 1 N–H and O–H groups in total. The number of nitrogens with one attached hydrogen (secondary N) is 1. The van der Waals surface area contributed by atoms with Crippen LogP contribution in [0.3, 0.4) is 0 Å². The molecule has 2 aromatic carbocycles. The number of nitrogens with zero attached hydrogens (tertiary/aromatic N) is 2. The zero-order chi connectivity index (χ0) is 19.1. The fourth-order valence-corrected chi connectivity index (χ4v) is 3.49.